The zero-order chi connectivity index (χ0) is 9.26. The fourth-order valence-corrected chi connectivity index (χ4v) is 1.56. The van der Waals surface area contributed by atoms with Crippen LogP contribution in [0.3, 0.4) is 0 Å². The molecule has 0 unspecified atom stereocenters. The molecule has 0 fully saturated rings. The van der Waals surface area contributed by atoms with Crippen LogP contribution in [-0.2, 0) is 10.7 Å². The second-order valence-corrected chi connectivity index (χ2v) is 3.67. The van der Waals surface area contributed by atoms with E-state index >= 15 is 0 Å². The summed E-state index contributed by atoms with van der Waals surface area (Å²) >= 11 is 0. The predicted molar refractivity (Wildman–Crippen MR) is 50.3 cm³/mol. The van der Waals surface area contributed by atoms with Gasteiger partial charge in [0.15, 0.2) is 10.7 Å². The molecule has 0 N–H and O–H groups in total. The van der Waals surface area contributed by atoms with Crippen LogP contribution in [0.15, 0.2) is 41.4 Å². The third-order valence-corrected chi connectivity index (χ3v) is 2.45. The van der Waals surface area contributed by atoms with Crippen molar-refractivity contribution >= 4 is 21.6 Å². The average molecular weight is 193 g/mol. The molecule has 0 aliphatic carbocycles. The van der Waals surface area contributed by atoms with Crippen LogP contribution in [0.2, 0.25) is 0 Å². The number of para-hydroxylation sites is 1. The van der Waals surface area contributed by atoms with Gasteiger partial charge in [0, 0.05) is 11.6 Å². The Morgan fingerprint density at radius 2 is 1.92 bits per heavy atom. The van der Waals surface area contributed by atoms with E-state index in [0.29, 0.717) is 0 Å². The maximum atomic E-state index is 10.6. The Kier molecular flexibility index (Phi) is 1.98. The van der Waals surface area contributed by atoms with Gasteiger partial charge in [0.1, 0.15) is 0 Å². The second kappa shape index (κ2) is 3.14. The quantitative estimate of drug-likeness (QED) is 0.692. The maximum absolute atomic E-state index is 10.6. The van der Waals surface area contributed by atoms with E-state index in [1.54, 1.807) is 6.07 Å². The highest BCUT2D eigenvalue weighted by molar-refractivity contribution is 7.72. The van der Waals surface area contributed by atoms with Crippen LogP contribution in [0.25, 0.3) is 10.9 Å². The Bertz CT molecular complexity index is 512. The fourth-order valence-electron chi connectivity index (χ4n) is 1.16. The van der Waals surface area contributed by atoms with Crippen LogP contribution in [0.1, 0.15) is 0 Å². The topological polar surface area (TPSA) is 47.0 Å². The van der Waals surface area contributed by atoms with Crippen molar-refractivity contribution in [2.24, 2.45) is 0 Å². The smallest absolute Gasteiger partial charge is 0.169 e. The van der Waals surface area contributed by atoms with E-state index in [0.717, 1.165) is 10.9 Å². The molecule has 1 heterocycles. The first-order chi connectivity index (χ1) is 6.27. The normalized spacial score (nSPS) is 10.8. The SMILES string of the molecule is O=[SH](=O)c1cnc2ccccc2c1. The molecule has 0 saturated heterocycles. The number of fused-ring (bicyclic) bond motifs is 1. The molecular formula is C9H7NO2S. The number of aromatic nitrogens is 1. The number of thiol groups is 1. The van der Waals surface area contributed by atoms with E-state index in [9.17, 15) is 8.42 Å². The molecule has 0 aliphatic rings. The lowest BCUT2D eigenvalue weighted by atomic mass is 10.2. The zero-order valence-corrected chi connectivity index (χ0v) is 7.57. The van der Waals surface area contributed by atoms with Crippen LogP contribution >= 0.6 is 0 Å². The number of nitrogens with zero attached hydrogens (tertiary/aromatic N) is 1. The van der Waals surface area contributed by atoms with Gasteiger partial charge in [-0.3, -0.25) is 4.98 Å². The van der Waals surface area contributed by atoms with Crippen molar-refractivity contribution in [2.75, 3.05) is 0 Å². The fraction of sp³-hybridized carbons (Fsp3) is 0. The molecule has 1 aromatic heterocycles. The van der Waals surface area contributed by atoms with E-state index in [1.165, 1.54) is 6.20 Å². The summed E-state index contributed by atoms with van der Waals surface area (Å²) in [4.78, 5) is 4.28. The standard InChI is InChI=1S/C9H7NO2S/c11-13(12)8-5-7-3-1-2-4-9(7)10-6-8/h1-6,13H. The van der Waals surface area contributed by atoms with Crippen molar-refractivity contribution in [1.82, 2.24) is 4.98 Å². The minimum Gasteiger partial charge on any atom is -0.255 e. The minimum absolute atomic E-state index is 0.258. The Morgan fingerprint density at radius 3 is 2.69 bits per heavy atom. The molecular weight excluding hydrogens is 186 g/mol. The van der Waals surface area contributed by atoms with Crippen LogP contribution < -0.4 is 0 Å². The number of rotatable bonds is 1. The Morgan fingerprint density at radius 1 is 1.15 bits per heavy atom. The molecule has 0 amide bonds. The van der Waals surface area contributed by atoms with Crippen molar-refractivity contribution in [2.45, 2.75) is 4.90 Å². The number of benzene rings is 1. The summed E-state index contributed by atoms with van der Waals surface area (Å²) in [5.41, 5.74) is 0.808. The number of hydrogen-bond donors (Lipinski definition) is 1. The van der Waals surface area contributed by atoms with Gasteiger partial charge in [-0.2, -0.15) is 0 Å². The molecule has 4 heteroatoms. The highest BCUT2D eigenvalue weighted by Crippen LogP contribution is 2.12. The van der Waals surface area contributed by atoms with Gasteiger partial charge in [-0.25, -0.2) is 8.42 Å². The van der Waals surface area contributed by atoms with Gasteiger partial charge in [-0.05, 0) is 12.1 Å². The van der Waals surface area contributed by atoms with Gasteiger partial charge in [-0.15, -0.1) is 0 Å². The first-order valence-electron chi connectivity index (χ1n) is 3.76. The summed E-state index contributed by atoms with van der Waals surface area (Å²) in [7, 11) is -2.53. The Labute approximate surface area is 77.0 Å². The zero-order valence-electron chi connectivity index (χ0n) is 6.68. The van der Waals surface area contributed by atoms with Crippen LogP contribution in [0.4, 0.5) is 0 Å². The van der Waals surface area contributed by atoms with Crippen LogP contribution in [0, 0.1) is 0 Å². The first kappa shape index (κ1) is 8.19. The minimum atomic E-state index is -2.53. The van der Waals surface area contributed by atoms with Gasteiger partial charge in [0.05, 0.1) is 10.4 Å². The van der Waals surface area contributed by atoms with E-state index in [2.05, 4.69) is 4.98 Å². The summed E-state index contributed by atoms with van der Waals surface area (Å²) in [6.45, 7) is 0. The highest BCUT2D eigenvalue weighted by Gasteiger charge is 1.97. The molecule has 0 radical (unpaired) electrons. The lowest BCUT2D eigenvalue weighted by Crippen LogP contribution is -1.83. The molecule has 1 aromatic carbocycles. The third-order valence-electron chi connectivity index (χ3n) is 1.79. The van der Waals surface area contributed by atoms with Crippen LogP contribution in [0.5, 0.6) is 0 Å². The van der Waals surface area contributed by atoms with E-state index in [4.69, 9.17) is 0 Å². The lowest BCUT2D eigenvalue weighted by Gasteiger charge is -1.95. The molecule has 3 nitrogen and oxygen atoms in total. The van der Waals surface area contributed by atoms with E-state index in [-0.39, 0.29) is 4.90 Å². The summed E-state index contributed by atoms with van der Waals surface area (Å²) in [5.74, 6) is 0. The molecule has 0 spiro atoms. The summed E-state index contributed by atoms with van der Waals surface area (Å²) in [6, 6.07) is 9.02. The largest absolute Gasteiger partial charge is 0.255 e. The first-order valence-corrected chi connectivity index (χ1v) is 4.94. The molecule has 0 aliphatic heterocycles. The third kappa shape index (κ3) is 1.53. The summed E-state index contributed by atoms with van der Waals surface area (Å²) < 4.78 is 21.3. The summed E-state index contributed by atoms with van der Waals surface area (Å²) in [5, 5.41) is 0.846. The number of hydrogen-bond acceptors (Lipinski definition) is 3. The molecule has 0 bridgehead atoms. The molecule has 66 valence electrons. The van der Waals surface area contributed by atoms with Gasteiger partial charge in [-0.1, -0.05) is 18.2 Å². The van der Waals surface area contributed by atoms with Crippen molar-refractivity contribution in [3.05, 3.63) is 36.5 Å². The molecule has 2 aromatic rings. The average Bonchev–Trinajstić information content (AvgIpc) is 2.17. The Balaban J connectivity index is 2.76. The van der Waals surface area contributed by atoms with E-state index < -0.39 is 10.7 Å². The lowest BCUT2D eigenvalue weighted by molar-refractivity contribution is 0.614. The van der Waals surface area contributed by atoms with Crippen molar-refractivity contribution in [1.29, 1.82) is 0 Å². The monoisotopic (exact) mass is 193 g/mol. The van der Waals surface area contributed by atoms with Gasteiger partial charge >= 0.3 is 0 Å². The summed E-state index contributed by atoms with van der Waals surface area (Å²) in [6.07, 6.45) is 1.37. The maximum Gasteiger partial charge on any atom is 0.169 e. The number of pyridine rings is 1. The van der Waals surface area contributed by atoms with Crippen molar-refractivity contribution in [3.63, 3.8) is 0 Å². The highest BCUT2D eigenvalue weighted by atomic mass is 32.2. The predicted octanol–water partition coefficient (Wildman–Crippen LogP) is 1.21. The molecule has 0 saturated carbocycles. The Hall–Kier alpha value is -1.42. The molecule has 13 heavy (non-hydrogen) atoms. The molecule has 0 atom stereocenters. The van der Waals surface area contributed by atoms with Crippen molar-refractivity contribution in [3.8, 4) is 0 Å². The van der Waals surface area contributed by atoms with Gasteiger partial charge in [0.25, 0.3) is 0 Å². The van der Waals surface area contributed by atoms with Crippen molar-refractivity contribution < 1.29 is 8.42 Å². The second-order valence-electron chi connectivity index (χ2n) is 2.64. The van der Waals surface area contributed by atoms with Crippen LogP contribution in [-0.4, -0.2) is 13.4 Å². The van der Waals surface area contributed by atoms with E-state index in [1.807, 2.05) is 24.3 Å². The van der Waals surface area contributed by atoms with Gasteiger partial charge < -0.3 is 0 Å². The molecule has 2 rings (SSSR count). The van der Waals surface area contributed by atoms with Gasteiger partial charge in [0.2, 0.25) is 0 Å².